The van der Waals surface area contributed by atoms with Crippen LogP contribution in [0.5, 0.6) is 0 Å². The lowest BCUT2D eigenvalue weighted by Gasteiger charge is -2.34. The summed E-state index contributed by atoms with van der Waals surface area (Å²) >= 11 is 0. The van der Waals surface area contributed by atoms with Gasteiger partial charge in [-0.2, -0.15) is 0 Å². The molecule has 8 heteroatoms. The monoisotopic (exact) mass is 498 g/mol. The van der Waals surface area contributed by atoms with E-state index in [9.17, 15) is 4.79 Å². The summed E-state index contributed by atoms with van der Waals surface area (Å²) in [5.41, 5.74) is -0.898. The highest BCUT2D eigenvalue weighted by atomic mass is 127. The number of alkyl carbamates (subject to hydrolysis) is 1. The van der Waals surface area contributed by atoms with Crippen molar-refractivity contribution in [3.8, 4) is 0 Å². The van der Waals surface area contributed by atoms with Crippen LogP contribution in [0, 0.1) is 5.92 Å². The molecule has 1 aliphatic rings. The molecule has 160 valence electrons. The molecule has 1 saturated carbocycles. The fourth-order valence-electron chi connectivity index (χ4n) is 2.49. The van der Waals surface area contributed by atoms with Gasteiger partial charge in [0.05, 0.1) is 12.1 Å². The molecule has 0 heterocycles. The molecule has 1 fully saturated rings. The summed E-state index contributed by atoms with van der Waals surface area (Å²) in [4.78, 5) is 16.4. The summed E-state index contributed by atoms with van der Waals surface area (Å²) in [5.74, 6) is 1.48. The Morgan fingerprint density at radius 1 is 1.15 bits per heavy atom. The van der Waals surface area contributed by atoms with Gasteiger partial charge in [-0.05, 0) is 52.4 Å². The molecule has 3 N–H and O–H groups in total. The molecule has 1 rings (SSSR count). The van der Waals surface area contributed by atoms with Crippen molar-refractivity contribution in [3.63, 3.8) is 0 Å². The van der Waals surface area contributed by atoms with E-state index in [0.29, 0.717) is 25.7 Å². The SMILES string of the molecule is CCC(CC)(CNC(=NC)NCCOCC1CC1)NC(=O)OC(C)(C)C.I. The topological polar surface area (TPSA) is 84.0 Å². The van der Waals surface area contributed by atoms with Gasteiger partial charge < -0.3 is 25.4 Å². The minimum Gasteiger partial charge on any atom is -0.444 e. The number of hydrogen-bond donors (Lipinski definition) is 3. The van der Waals surface area contributed by atoms with E-state index in [2.05, 4.69) is 34.8 Å². The third-order valence-electron chi connectivity index (χ3n) is 4.53. The van der Waals surface area contributed by atoms with E-state index in [0.717, 1.165) is 25.4 Å². The highest BCUT2D eigenvalue weighted by Gasteiger charge is 2.30. The maximum Gasteiger partial charge on any atom is 0.408 e. The third kappa shape index (κ3) is 11.6. The predicted octanol–water partition coefficient (Wildman–Crippen LogP) is 3.28. The molecular formula is C19H39IN4O3. The fraction of sp³-hybridized carbons (Fsp3) is 0.895. The van der Waals surface area contributed by atoms with E-state index in [4.69, 9.17) is 9.47 Å². The Labute approximate surface area is 181 Å². The lowest BCUT2D eigenvalue weighted by molar-refractivity contribution is 0.0448. The lowest BCUT2D eigenvalue weighted by Crippen LogP contribution is -2.57. The Morgan fingerprint density at radius 3 is 2.26 bits per heavy atom. The van der Waals surface area contributed by atoms with E-state index in [1.165, 1.54) is 12.8 Å². The molecule has 0 spiro atoms. The molecule has 0 saturated heterocycles. The van der Waals surface area contributed by atoms with Crippen LogP contribution in [0.25, 0.3) is 0 Å². The Kier molecular flexibility index (Phi) is 12.3. The quantitative estimate of drug-likeness (QED) is 0.186. The first kappa shape index (κ1) is 26.2. The Bertz CT molecular complexity index is 458. The first-order valence-electron chi connectivity index (χ1n) is 9.77. The molecule has 0 aliphatic heterocycles. The zero-order valence-corrected chi connectivity index (χ0v) is 20.1. The number of halogens is 1. The van der Waals surface area contributed by atoms with E-state index in [1.807, 2.05) is 20.8 Å². The molecule has 0 atom stereocenters. The highest BCUT2D eigenvalue weighted by Crippen LogP contribution is 2.28. The largest absolute Gasteiger partial charge is 0.444 e. The Hall–Kier alpha value is -0.770. The molecule has 1 aliphatic carbocycles. The molecular weight excluding hydrogens is 459 g/mol. The van der Waals surface area contributed by atoms with Crippen LogP contribution in [0.3, 0.4) is 0 Å². The van der Waals surface area contributed by atoms with Gasteiger partial charge in [0.15, 0.2) is 5.96 Å². The normalized spacial score (nSPS) is 15.0. The van der Waals surface area contributed by atoms with Crippen LogP contribution in [0.2, 0.25) is 0 Å². The number of nitrogens with zero attached hydrogens (tertiary/aromatic N) is 1. The number of carbonyl (C=O) groups is 1. The zero-order chi connectivity index (χ0) is 19.6. The van der Waals surface area contributed by atoms with Gasteiger partial charge in [0.2, 0.25) is 0 Å². The minimum atomic E-state index is -0.511. The van der Waals surface area contributed by atoms with Gasteiger partial charge in [-0.15, -0.1) is 24.0 Å². The van der Waals surface area contributed by atoms with Crippen molar-refractivity contribution in [2.24, 2.45) is 10.9 Å². The first-order chi connectivity index (χ1) is 12.2. The van der Waals surface area contributed by atoms with Crippen molar-refractivity contribution < 1.29 is 14.3 Å². The van der Waals surface area contributed by atoms with E-state index in [-0.39, 0.29) is 35.6 Å². The maximum absolute atomic E-state index is 12.2. The Morgan fingerprint density at radius 2 is 1.78 bits per heavy atom. The van der Waals surface area contributed by atoms with Crippen LogP contribution >= 0.6 is 24.0 Å². The van der Waals surface area contributed by atoms with Gasteiger partial charge in [-0.25, -0.2) is 4.79 Å². The van der Waals surface area contributed by atoms with Crippen LogP contribution in [0.4, 0.5) is 4.79 Å². The van der Waals surface area contributed by atoms with Gasteiger partial charge >= 0.3 is 6.09 Å². The second-order valence-electron chi connectivity index (χ2n) is 7.99. The summed E-state index contributed by atoms with van der Waals surface area (Å²) in [6.45, 7) is 12.5. The molecule has 7 nitrogen and oxygen atoms in total. The molecule has 0 aromatic carbocycles. The summed E-state index contributed by atoms with van der Waals surface area (Å²) in [6.07, 6.45) is 3.79. The predicted molar refractivity (Wildman–Crippen MR) is 121 cm³/mol. The van der Waals surface area contributed by atoms with Crippen molar-refractivity contribution >= 4 is 36.0 Å². The van der Waals surface area contributed by atoms with Crippen molar-refractivity contribution in [1.29, 1.82) is 0 Å². The van der Waals surface area contributed by atoms with Crippen molar-refractivity contribution in [1.82, 2.24) is 16.0 Å². The second kappa shape index (κ2) is 12.6. The standard InChI is InChI=1S/C19H38N4O3.HI/c1-7-19(8-2,23-17(24)26-18(3,4)5)14-22-16(20-6)21-11-12-25-13-15-9-10-15;/h15H,7-14H2,1-6H3,(H,23,24)(H2,20,21,22);1H. The van der Waals surface area contributed by atoms with Crippen LogP contribution in [0.15, 0.2) is 4.99 Å². The number of ether oxygens (including phenoxy) is 2. The van der Waals surface area contributed by atoms with Crippen LogP contribution in [-0.4, -0.2) is 56.5 Å². The minimum absolute atomic E-state index is 0. The molecule has 0 bridgehead atoms. The number of rotatable bonds is 10. The van der Waals surface area contributed by atoms with Gasteiger partial charge in [-0.1, -0.05) is 13.8 Å². The first-order valence-corrected chi connectivity index (χ1v) is 9.77. The average molecular weight is 498 g/mol. The molecule has 0 unspecified atom stereocenters. The number of carbonyl (C=O) groups excluding carboxylic acids is 1. The Balaban J connectivity index is 0.00000676. The number of amides is 1. The smallest absolute Gasteiger partial charge is 0.408 e. The number of guanidine groups is 1. The number of nitrogens with one attached hydrogen (secondary N) is 3. The summed E-state index contributed by atoms with van der Waals surface area (Å²) in [6, 6.07) is 0. The fourth-order valence-corrected chi connectivity index (χ4v) is 2.49. The third-order valence-corrected chi connectivity index (χ3v) is 4.53. The molecule has 1 amide bonds. The van der Waals surface area contributed by atoms with Crippen LogP contribution < -0.4 is 16.0 Å². The number of hydrogen-bond acceptors (Lipinski definition) is 4. The van der Waals surface area contributed by atoms with Gasteiger partial charge in [-0.3, -0.25) is 4.99 Å². The van der Waals surface area contributed by atoms with Gasteiger partial charge in [0.25, 0.3) is 0 Å². The number of aliphatic imine (C=N–C) groups is 1. The summed E-state index contributed by atoms with van der Waals surface area (Å²) < 4.78 is 11.0. The van der Waals surface area contributed by atoms with E-state index in [1.54, 1.807) is 7.05 Å². The maximum atomic E-state index is 12.2. The van der Waals surface area contributed by atoms with Crippen molar-refractivity contribution in [2.75, 3.05) is 33.4 Å². The van der Waals surface area contributed by atoms with Gasteiger partial charge in [0.1, 0.15) is 5.60 Å². The highest BCUT2D eigenvalue weighted by molar-refractivity contribution is 14.0. The van der Waals surface area contributed by atoms with Gasteiger partial charge in [0, 0.05) is 26.7 Å². The summed E-state index contributed by atoms with van der Waals surface area (Å²) in [5, 5.41) is 9.58. The van der Waals surface area contributed by atoms with Crippen LogP contribution in [0.1, 0.15) is 60.3 Å². The summed E-state index contributed by atoms with van der Waals surface area (Å²) in [7, 11) is 1.74. The second-order valence-corrected chi connectivity index (χ2v) is 7.99. The van der Waals surface area contributed by atoms with Crippen LogP contribution in [-0.2, 0) is 9.47 Å². The molecule has 0 radical (unpaired) electrons. The molecule has 0 aromatic heterocycles. The van der Waals surface area contributed by atoms with Crippen molar-refractivity contribution in [3.05, 3.63) is 0 Å². The van der Waals surface area contributed by atoms with E-state index >= 15 is 0 Å². The molecule has 27 heavy (non-hydrogen) atoms. The molecule has 0 aromatic rings. The van der Waals surface area contributed by atoms with Crippen molar-refractivity contribution in [2.45, 2.75) is 71.4 Å². The zero-order valence-electron chi connectivity index (χ0n) is 17.8. The van der Waals surface area contributed by atoms with E-state index < -0.39 is 5.60 Å². The average Bonchev–Trinajstić information content (AvgIpc) is 3.38. The lowest BCUT2D eigenvalue weighted by atomic mass is 9.93.